The van der Waals surface area contributed by atoms with Crippen molar-refractivity contribution in [2.24, 2.45) is 0 Å². The molecule has 0 amide bonds. The normalized spacial score (nSPS) is 14.3. The zero-order valence-electron chi connectivity index (χ0n) is 10.1. The summed E-state index contributed by atoms with van der Waals surface area (Å²) in [5.41, 5.74) is 0.799. The fraction of sp³-hybridized carbons (Fsp3) is 0.500. The van der Waals surface area contributed by atoms with Gasteiger partial charge >= 0.3 is 0 Å². The van der Waals surface area contributed by atoms with E-state index in [9.17, 15) is 10.1 Å². The number of para-hydroxylation sites is 1. The van der Waals surface area contributed by atoms with Gasteiger partial charge in [-0.25, -0.2) is 0 Å². The van der Waals surface area contributed by atoms with Crippen LogP contribution in [0.2, 0.25) is 0 Å². The zero-order chi connectivity index (χ0) is 12.8. The Balaban J connectivity index is 2.68. The lowest BCUT2D eigenvalue weighted by atomic mass is 10.1. The first-order chi connectivity index (χ1) is 8.02. The van der Waals surface area contributed by atoms with Gasteiger partial charge in [-0.05, 0) is 26.8 Å². The summed E-state index contributed by atoms with van der Waals surface area (Å²) in [7, 11) is 0. The molecule has 1 aromatic carbocycles. The van der Waals surface area contributed by atoms with E-state index in [1.165, 1.54) is 6.07 Å². The van der Waals surface area contributed by atoms with Crippen LogP contribution in [-0.4, -0.2) is 22.7 Å². The fourth-order valence-electron chi connectivity index (χ4n) is 1.64. The maximum Gasteiger partial charge on any atom is 0.274 e. The van der Waals surface area contributed by atoms with E-state index in [4.69, 9.17) is 5.11 Å². The van der Waals surface area contributed by atoms with Crippen LogP contribution in [0, 0.1) is 10.1 Å². The Morgan fingerprint density at radius 2 is 2.06 bits per heavy atom. The number of aliphatic hydroxyl groups excluding tert-OH is 1. The van der Waals surface area contributed by atoms with Crippen molar-refractivity contribution in [2.45, 2.75) is 32.4 Å². The Kier molecular flexibility index (Phi) is 5.06. The lowest BCUT2D eigenvalue weighted by Gasteiger charge is -2.14. The number of benzene rings is 1. The van der Waals surface area contributed by atoms with Crippen molar-refractivity contribution in [1.82, 2.24) is 5.32 Å². The third-order valence-corrected chi connectivity index (χ3v) is 2.61. The topological polar surface area (TPSA) is 75.4 Å². The van der Waals surface area contributed by atoms with Gasteiger partial charge in [0.25, 0.3) is 5.69 Å². The number of nitrogens with one attached hydrogen (secondary N) is 1. The van der Waals surface area contributed by atoms with Crippen molar-refractivity contribution < 1.29 is 10.0 Å². The maximum atomic E-state index is 10.8. The highest BCUT2D eigenvalue weighted by Crippen LogP contribution is 2.24. The molecule has 0 fully saturated rings. The minimum absolute atomic E-state index is 0.102. The molecule has 1 aromatic rings. The van der Waals surface area contributed by atoms with Gasteiger partial charge in [0.1, 0.15) is 0 Å². The van der Waals surface area contributed by atoms with Crippen LogP contribution in [0.5, 0.6) is 0 Å². The second kappa shape index (κ2) is 6.32. The number of nitro benzene ring substituents is 1. The lowest BCUT2D eigenvalue weighted by Crippen LogP contribution is -2.23. The summed E-state index contributed by atoms with van der Waals surface area (Å²) in [6, 6.07) is 6.59. The predicted molar refractivity (Wildman–Crippen MR) is 65.8 cm³/mol. The molecular weight excluding hydrogens is 220 g/mol. The second-order valence-corrected chi connectivity index (χ2v) is 4.13. The van der Waals surface area contributed by atoms with Gasteiger partial charge in [-0.15, -0.1) is 0 Å². The summed E-state index contributed by atoms with van der Waals surface area (Å²) in [6.45, 7) is 4.23. The van der Waals surface area contributed by atoms with Crippen molar-refractivity contribution in [1.29, 1.82) is 0 Å². The van der Waals surface area contributed by atoms with E-state index in [2.05, 4.69) is 5.32 Å². The molecule has 5 nitrogen and oxygen atoms in total. The van der Waals surface area contributed by atoms with E-state index in [1.54, 1.807) is 25.1 Å². The van der Waals surface area contributed by atoms with Crippen molar-refractivity contribution in [3.63, 3.8) is 0 Å². The SMILES string of the molecule is CC(O)CCNC(C)c1ccccc1[N+](=O)[O-]. The highest BCUT2D eigenvalue weighted by molar-refractivity contribution is 5.41. The molecule has 0 bridgehead atoms. The summed E-state index contributed by atoms with van der Waals surface area (Å²) in [4.78, 5) is 10.5. The minimum atomic E-state index is -0.373. The molecule has 2 N–H and O–H groups in total. The standard InChI is InChI=1S/C12H18N2O3/c1-9(15)7-8-13-10(2)11-5-3-4-6-12(11)14(16)17/h3-6,9-10,13,15H,7-8H2,1-2H3. The second-order valence-electron chi connectivity index (χ2n) is 4.13. The summed E-state index contributed by atoms with van der Waals surface area (Å²) in [5.74, 6) is 0. The summed E-state index contributed by atoms with van der Waals surface area (Å²) < 4.78 is 0. The van der Waals surface area contributed by atoms with E-state index >= 15 is 0 Å². The summed E-state index contributed by atoms with van der Waals surface area (Å²) in [6.07, 6.45) is 0.269. The van der Waals surface area contributed by atoms with Crippen molar-refractivity contribution >= 4 is 5.69 Å². The van der Waals surface area contributed by atoms with Crippen LogP contribution in [0.4, 0.5) is 5.69 Å². The lowest BCUT2D eigenvalue weighted by molar-refractivity contribution is -0.385. The summed E-state index contributed by atoms with van der Waals surface area (Å²) in [5, 5.41) is 23.1. The van der Waals surface area contributed by atoms with Gasteiger partial charge in [0.15, 0.2) is 0 Å². The van der Waals surface area contributed by atoms with Gasteiger partial charge in [-0.1, -0.05) is 18.2 Å². The molecule has 0 spiro atoms. The maximum absolute atomic E-state index is 10.8. The van der Waals surface area contributed by atoms with Crippen LogP contribution in [0.15, 0.2) is 24.3 Å². The van der Waals surface area contributed by atoms with Gasteiger partial charge in [-0.3, -0.25) is 10.1 Å². The minimum Gasteiger partial charge on any atom is -0.393 e. The zero-order valence-corrected chi connectivity index (χ0v) is 10.1. The van der Waals surface area contributed by atoms with Gasteiger partial charge in [-0.2, -0.15) is 0 Å². The van der Waals surface area contributed by atoms with Crippen LogP contribution >= 0.6 is 0 Å². The van der Waals surface area contributed by atoms with E-state index in [0.29, 0.717) is 18.5 Å². The van der Waals surface area contributed by atoms with E-state index in [0.717, 1.165) is 0 Å². The molecule has 0 aromatic heterocycles. The number of nitro groups is 1. The molecule has 17 heavy (non-hydrogen) atoms. The van der Waals surface area contributed by atoms with Gasteiger partial charge < -0.3 is 10.4 Å². The smallest absolute Gasteiger partial charge is 0.274 e. The third kappa shape index (κ3) is 4.13. The number of nitrogens with zero attached hydrogens (tertiary/aromatic N) is 1. The predicted octanol–water partition coefficient (Wildman–Crippen LogP) is 2.02. The largest absolute Gasteiger partial charge is 0.393 e. The van der Waals surface area contributed by atoms with Crippen LogP contribution in [0.3, 0.4) is 0 Å². The van der Waals surface area contributed by atoms with Crippen LogP contribution in [-0.2, 0) is 0 Å². The van der Waals surface area contributed by atoms with E-state index in [-0.39, 0.29) is 22.8 Å². The average Bonchev–Trinajstić information content (AvgIpc) is 2.28. The molecule has 0 saturated heterocycles. The molecule has 0 aliphatic carbocycles. The number of aliphatic hydroxyl groups is 1. The molecule has 2 atom stereocenters. The number of hydrogen-bond acceptors (Lipinski definition) is 4. The monoisotopic (exact) mass is 238 g/mol. The fourth-order valence-corrected chi connectivity index (χ4v) is 1.64. The van der Waals surface area contributed by atoms with Crippen molar-refractivity contribution in [2.75, 3.05) is 6.54 Å². The first-order valence-electron chi connectivity index (χ1n) is 5.67. The Morgan fingerprint density at radius 1 is 1.41 bits per heavy atom. The van der Waals surface area contributed by atoms with Gasteiger partial charge in [0, 0.05) is 17.7 Å². The van der Waals surface area contributed by atoms with Crippen LogP contribution in [0.25, 0.3) is 0 Å². The molecular formula is C12H18N2O3. The molecule has 0 aliphatic rings. The van der Waals surface area contributed by atoms with E-state index in [1.807, 2.05) is 6.92 Å². The Hall–Kier alpha value is -1.46. The molecule has 0 radical (unpaired) electrons. The highest BCUT2D eigenvalue weighted by atomic mass is 16.6. The average molecular weight is 238 g/mol. The van der Waals surface area contributed by atoms with Crippen LogP contribution < -0.4 is 5.32 Å². The highest BCUT2D eigenvalue weighted by Gasteiger charge is 2.17. The first-order valence-corrected chi connectivity index (χ1v) is 5.67. The Morgan fingerprint density at radius 3 is 2.65 bits per heavy atom. The van der Waals surface area contributed by atoms with Gasteiger partial charge in [0.05, 0.1) is 11.0 Å². The van der Waals surface area contributed by atoms with Gasteiger partial charge in [0.2, 0.25) is 0 Å². The Labute approximate surface area is 101 Å². The van der Waals surface area contributed by atoms with Crippen molar-refractivity contribution in [3.05, 3.63) is 39.9 Å². The van der Waals surface area contributed by atoms with E-state index < -0.39 is 0 Å². The molecule has 0 heterocycles. The number of hydrogen-bond donors (Lipinski definition) is 2. The third-order valence-electron chi connectivity index (χ3n) is 2.61. The molecule has 2 unspecified atom stereocenters. The Bertz CT molecular complexity index is 380. The molecule has 0 saturated carbocycles. The first kappa shape index (κ1) is 13.6. The van der Waals surface area contributed by atoms with Crippen LogP contribution in [0.1, 0.15) is 31.9 Å². The van der Waals surface area contributed by atoms with Crippen molar-refractivity contribution in [3.8, 4) is 0 Å². The quantitative estimate of drug-likeness (QED) is 0.587. The molecule has 94 valence electrons. The molecule has 0 aliphatic heterocycles. The summed E-state index contributed by atoms with van der Waals surface area (Å²) >= 11 is 0. The molecule has 5 heteroatoms. The molecule has 1 rings (SSSR count). The number of rotatable bonds is 6.